The first-order valence-electron chi connectivity index (χ1n) is 11.6. The summed E-state index contributed by atoms with van der Waals surface area (Å²) in [5.74, 6) is 2.91. The van der Waals surface area contributed by atoms with Gasteiger partial charge >= 0.3 is 0 Å². The minimum atomic E-state index is 0.757. The highest BCUT2D eigenvalue weighted by molar-refractivity contribution is 5.66. The molecule has 0 aromatic carbocycles. The normalized spacial score (nSPS) is 19.3. The number of nitrogens with zero attached hydrogens (tertiary/aromatic N) is 5. The van der Waals surface area contributed by atoms with Crippen molar-refractivity contribution in [1.29, 1.82) is 0 Å². The van der Waals surface area contributed by atoms with Gasteiger partial charge in [0.1, 0.15) is 11.6 Å². The summed E-state index contributed by atoms with van der Waals surface area (Å²) in [6, 6.07) is 4.53. The molecule has 3 fully saturated rings. The molecule has 5 nitrogen and oxygen atoms in total. The van der Waals surface area contributed by atoms with Gasteiger partial charge in [-0.05, 0) is 68.2 Å². The lowest BCUT2D eigenvalue weighted by atomic mass is 10.1. The average Bonchev–Trinajstić information content (AvgIpc) is 3.54. The Balaban J connectivity index is 1.24. The molecule has 0 amide bonds. The number of anilines is 2. The van der Waals surface area contributed by atoms with Crippen LogP contribution in [0.25, 0.3) is 5.70 Å². The van der Waals surface area contributed by atoms with Gasteiger partial charge in [0.05, 0.1) is 0 Å². The largest absolute Gasteiger partial charge is 0.368 e. The van der Waals surface area contributed by atoms with Crippen molar-refractivity contribution in [1.82, 2.24) is 14.9 Å². The van der Waals surface area contributed by atoms with Gasteiger partial charge < -0.3 is 14.7 Å². The summed E-state index contributed by atoms with van der Waals surface area (Å²) in [7, 11) is 0. The van der Waals surface area contributed by atoms with Gasteiger partial charge in [-0.1, -0.05) is 19.2 Å². The molecule has 0 radical (unpaired) electrons. The van der Waals surface area contributed by atoms with Crippen molar-refractivity contribution in [3.05, 3.63) is 65.6 Å². The van der Waals surface area contributed by atoms with Gasteiger partial charge in [-0.15, -0.1) is 0 Å². The Kier molecular flexibility index (Phi) is 5.20. The standard InChI is InChI=1S/C26H33N5/c1-18-15-25(31-9-5-6-20(31)3)27-17-24(18)21(4)29-10-12-30(13-11-29)26-19(2)14-23(16-28-26)22-7-8-22/h14-17,22H,3-13H2,1-2H3. The fourth-order valence-electron chi connectivity index (χ4n) is 4.92. The van der Waals surface area contributed by atoms with E-state index >= 15 is 0 Å². The second kappa shape index (κ2) is 8.03. The van der Waals surface area contributed by atoms with Crippen LogP contribution >= 0.6 is 0 Å². The quantitative estimate of drug-likeness (QED) is 0.696. The molecular formula is C26H33N5. The second-order valence-electron chi connectivity index (χ2n) is 9.28. The highest BCUT2D eigenvalue weighted by Gasteiger charge is 2.26. The fraction of sp³-hybridized carbons (Fsp3) is 0.462. The van der Waals surface area contributed by atoms with Gasteiger partial charge in [-0.3, -0.25) is 0 Å². The zero-order chi connectivity index (χ0) is 21.5. The minimum absolute atomic E-state index is 0.757. The van der Waals surface area contributed by atoms with Gasteiger partial charge in [-0.2, -0.15) is 0 Å². The predicted octanol–water partition coefficient (Wildman–Crippen LogP) is 4.88. The molecule has 0 spiro atoms. The zero-order valence-corrected chi connectivity index (χ0v) is 18.9. The molecular weight excluding hydrogens is 382 g/mol. The fourth-order valence-corrected chi connectivity index (χ4v) is 4.92. The van der Waals surface area contributed by atoms with Crippen LogP contribution in [0.5, 0.6) is 0 Å². The third kappa shape index (κ3) is 3.93. The first kappa shape index (κ1) is 20.1. The van der Waals surface area contributed by atoms with Crippen molar-refractivity contribution in [2.75, 3.05) is 42.5 Å². The molecule has 162 valence electrons. The minimum Gasteiger partial charge on any atom is -0.368 e. The summed E-state index contributed by atoms with van der Waals surface area (Å²) < 4.78 is 0. The van der Waals surface area contributed by atoms with Crippen LogP contribution in [-0.2, 0) is 0 Å². The van der Waals surface area contributed by atoms with Crippen molar-refractivity contribution in [2.24, 2.45) is 0 Å². The molecule has 2 saturated heterocycles. The van der Waals surface area contributed by atoms with E-state index in [0.29, 0.717) is 0 Å². The highest BCUT2D eigenvalue weighted by Crippen LogP contribution is 2.40. The maximum atomic E-state index is 4.82. The summed E-state index contributed by atoms with van der Waals surface area (Å²) in [6.45, 7) is 17.8. The van der Waals surface area contributed by atoms with Gasteiger partial charge in [0.25, 0.3) is 0 Å². The first-order valence-corrected chi connectivity index (χ1v) is 11.6. The van der Waals surface area contributed by atoms with Crippen molar-refractivity contribution in [2.45, 2.75) is 45.4 Å². The van der Waals surface area contributed by atoms with Crippen molar-refractivity contribution in [3.8, 4) is 0 Å². The average molecular weight is 416 g/mol. The smallest absolute Gasteiger partial charge is 0.132 e. The Morgan fingerprint density at radius 1 is 0.968 bits per heavy atom. The van der Waals surface area contributed by atoms with E-state index in [-0.39, 0.29) is 0 Å². The number of piperazine rings is 1. The van der Waals surface area contributed by atoms with Crippen LogP contribution in [0, 0.1) is 13.8 Å². The van der Waals surface area contributed by atoms with Crippen LogP contribution < -0.4 is 9.80 Å². The molecule has 31 heavy (non-hydrogen) atoms. The van der Waals surface area contributed by atoms with Crippen LogP contribution in [0.1, 0.15) is 53.9 Å². The Bertz CT molecular complexity index is 1010. The molecule has 0 N–H and O–H groups in total. The Morgan fingerprint density at radius 3 is 2.35 bits per heavy atom. The SMILES string of the molecule is C=C(c1cnc(N2CCCC2=C)cc1C)N1CCN(c2ncc(C3CC3)cc2C)CC1. The lowest BCUT2D eigenvalue weighted by Gasteiger charge is -2.38. The predicted molar refractivity (Wildman–Crippen MR) is 128 cm³/mol. The van der Waals surface area contributed by atoms with E-state index in [1.54, 1.807) is 0 Å². The number of hydrogen-bond donors (Lipinski definition) is 0. The number of aromatic nitrogens is 2. The van der Waals surface area contributed by atoms with E-state index in [9.17, 15) is 0 Å². The summed E-state index contributed by atoms with van der Waals surface area (Å²) in [6.07, 6.45) is 8.96. The Hall–Kier alpha value is -2.82. The molecule has 0 atom stereocenters. The summed E-state index contributed by atoms with van der Waals surface area (Å²) in [5.41, 5.74) is 7.33. The number of aryl methyl sites for hydroxylation is 2. The molecule has 2 aromatic rings. The monoisotopic (exact) mass is 415 g/mol. The molecule has 3 aliphatic rings. The van der Waals surface area contributed by atoms with Gasteiger partial charge in [-0.25, -0.2) is 9.97 Å². The van der Waals surface area contributed by atoms with E-state index in [1.165, 1.54) is 35.2 Å². The first-order chi connectivity index (χ1) is 15.0. The zero-order valence-electron chi connectivity index (χ0n) is 18.9. The lowest BCUT2D eigenvalue weighted by molar-refractivity contribution is 0.366. The summed E-state index contributed by atoms with van der Waals surface area (Å²) >= 11 is 0. The number of rotatable bonds is 5. The van der Waals surface area contributed by atoms with Gasteiger partial charge in [0, 0.05) is 62.1 Å². The van der Waals surface area contributed by atoms with E-state index in [0.717, 1.165) is 74.4 Å². The van der Waals surface area contributed by atoms with Crippen LogP contribution in [-0.4, -0.2) is 47.6 Å². The molecule has 4 heterocycles. The van der Waals surface area contributed by atoms with Crippen LogP contribution in [0.2, 0.25) is 0 Å². The molecule has 2 aromatic heterocycles. The van der Waals surface area contributed by atoms with Crippen molar-refractivity contribution >= 4 is 17.3 Å². The van der Waals surface area contributed by atoms with E-state index in [1.807, 2.05) is 6.20 Å². The molecule has 1 saturated carbocycles. The third-order valence-corrected chi connectivity index (χ3v) is 6.99. The number of allylic oxidation sites excluding steroid dienone is 1. The Morgan fingerprint density at radius 2 is 1.74 bits per heavy atom. The Labute approximate surface area is 186 Å². The number of pyridine rings is 2. The maximum absolute atomic E-state index is 4.82. The maximum Gasteiger partial charge on any atom is 0.132 e. The second-order valence-corrected chi connectivity index (χ2v) is 9.28. The van der Waals surface area contributed by atoms with Crippen LogP contribution in [0.15, 0.2) is 43.4 Å². The molecule has 2 aliphatic heterocycles. The van der Waals surface area contributed by atoms with E-state index in [4.69, 9.17) is 9.97 Å². The van der Waals surface area contributed by atoms with E-state index in [2.05, 4.69) is 60.0 Å². The van der Waals surface area contributed by atoms with Crippen molar-refractivity contribution in [3.63, 3.8) is 0 Å². The highest BCUT2D eigenvalue weighted by atomic mass is 15.3. The number of hydrogen-bond acceptors (Lipinski definition) is 5. The molecule has 1 aliphatic carbocycles. The molecule has 5 rings (SSSR count). The molecule has 0 bridgehead atoms. The van der Waals surface area contributed by atoms with E-state index < -0.39 is 0 Å². The summed E-state index contributed by atoms with van der Waals surface area (Å²) in [5, 5.41) is 0. The summed E-state index contributed by atoms with van der Waals surface area (Å²) in [4.78, 5) is 16.6. The molecule has 5 heteroatoms. The third-order valence-electron chi connectivity index (χ3n) is 6.99. The topological polar surface area (TPSA) is 35.5 Å². The van der Waals surface area contributed by atoms with Crippen LogP contribution in [0.3, 0.4) is 0 Å². The lowest BCUT2D eigenvalue weighted by Crippen LogP contribution is -2.46. The van der Waals surface area contributed by atoms with Gasteiger partial charge in [0.2, 0.25) is 0 Å². The van der Waals surface area contributed by atoms with Crippen molar-refractivity contribution < 1.29 is 0 Å². The van der Waals surface area contributed by atoms with Crippen LogP contribution in [0.4, 0.5) is 11.6 Å². The molecule has 0 unspecified atom stereocenters. The van der Waals surface area contributed by atoms with Gasteiger partial charge in [0.15, 0.2) is 0 Å².